The number of amides is 1. The summed E-state index contributed by atoms with van der Waals surface area (Å²) in [6, 6.07) is 13.8. The molecular weight excluding hydrogens is 455 g/mol. The highest BCUT2D eigenvalue weighted by atomic mass is 35.5. The molecule has 2 aromatic carbocycles. The molecule has 0 spiro atoms. The molecule has 0 bridgehead atoms. The third-order valence-electron chi connectivity index (χ3n) is 5.91. The zero-order valence-corrected chi connectivity index (χ0v) is 20.6. The second-order valence-corrected chi connectivity index (χ2v) is 9.25. The van der Waals surface area contributed by atoms with E-state index in [1.807, 2.05) is 57.2 Å². The summed E-state index contributed by atoms with van der Waals surface area (Å²) in [6.45, 7) is 11.1. The maximum absolute atomic E-state index is 13.5. The maximum atomic E-state index is 13.5. The van der Waals surface area contributed by atoms with Crippen molar-refractivity contribution in [2.24, 2.45) is 0 Å². The van der Waals surface area contributed by atoms with Crippen LogP contribution < -0.4 is 4.74 Å². The summed E-state index contributed by atoms with van der Waals surface area (Å²) < 4.78 is 6.12. The summed E-state index contributed by atoms with van der Waals surface area (Å²) in [6.07, 6.45) is 0.634. The highest BCUT2D eigenvalue weighted by molar-refractivity contribution is 6.38. The molecule has 1 amide bonds. The number of pyridine rings is 1. The Morgan fingerprint density at radius 3 is 2.61 bits per heavy atom. The van der Waals surface area contributed by atoms with Crippen molar-refractivity contribution in [3.63, 3.8) is 0 Å². The summed E-state index contributed by atoms with van der Waals surface area (Å²) in [5, 5.41) is 0.969. The molecule has 0 unspecified atom stereocenters. The molecule has 1 aliphatic rings. The Bertz CT molecular complexity index is 1240. The minimum absolute atomic E-state index is 0.139. The minimum atomic E-state index is -0.139. The largest absolute Gasteiger partial charge is 0.473 e. The van der Waals surface area contributed by atoms with Gasteiger partial charge in [-0.1, -0.05) is 60.1 Å². The summed E-state index contributed by atoms with van der Waals surface area (Å²) >= 11 is 13.2. The van der Waals surface area contributed by atoms with Crippen LogP contribution in [0.1, 0.15) is 50.8 Å². The van der Waals surface area contributed by atoms with E-state index in [1.54, 1.807) is 11.0 Å². The van der Waals surface area contributed by atoms with Gasteiger partial charge in [0, 0.05) is 22.8 Å². The van der Waals surface area contributed by atoms with Crippen molar-refractivity contribution in [2.45, 2.75) is 40.3 Å². The van der Waals surface area contributed by atoms with Gasteiger partial charge in [0.2, 0.25) is 5.88 Å². The van der Waals surface area contributed by atoms with Crippen molar-refractivity contribution in [3.05, 3.63) is 98.2 Å². The van der Waals surface area contributed by atoms with Crippen LogP contribution in [0.5, 0.6) is 5.88 Å². The Balaban J connectivity index is 1.65. The fourth-order valence-corrected chi connectivity index (χ4v) is 4.87. The molecule has 33 heavy (non-hydrogen) atoms. The van der Waals surface area contributed by atoms with E-state index in [-0.39, 0.29) is 5.91 Å². The van der Waals surface area contributed by atoms with Crippen molar-refractivity contribution >= 4 is 34.7 Å². The molecule has 3 aromatic rings. The van der Waals surface area contributed by atoms with Gasteiger partial charge in [0.15, 0.2) is 0 Å². The summed E-state index contributed by atoms with van der Waals surface area (Å²) in [5.74, 6) is 0.412. The van der Waals surface area contributed by atoms with Crippen LogP contribution in [0.25, 0.3) is 5.57 Å². The molecular formula is C27H26Cl2N2O2. The number of hydrogen-bond donors (Lipinski definition) is 0. The summed E-state index contributed by atoms with van der Waals surface area (Å²) in [7, 11) is 0. The van der Waals surface area contributed by atoms with Gasteiger partial charge in [-0.15, -0.1) is 0 Å². The summed E-state index contributed by atoms with van der Waals surface area (Å²) in [5.41, 5.74) is 6.60. The fourth-order valence-electron chi connectivity index (χ4n) is 4.16. The van der Waals surface area contributed by atoms with Gasteiger partial charge in [-0.25, -0.2) is 4.98 Å². The van der Waals surface area contributed by atoms with Crippen LogP contribution in [-0.4, -0.2) is 22.3 Å². The highest BCUT2D eigenvalue weighted by Gasteiger charge is 2.31. The Labute approximate surface area is 204 Å². The van der Waals surface area contributed by atoms with Gasteiger partial charge in [-0.05, 0) is 67.2 Å². The maximum Gasteiger partial charge on any atom is 0.256 e. The van der Waals surface area contributed by atoms with Crippen molar-refractivity contribution in [1.29, 1.82) is 0 Å². The van der Waals surface area contributed by atoms with Crippen LogP contribution in [0.4, 0.5) is 0 Å². The number of benzene rings is 2. The van der Waals surface area contributed by atoms with Crippen LogP contribution >= 0.6 is 23.2 Å². The number of allylic oxidation sites excluding steroid dienone is 1. The molecule has 0 radical (unpaired) electrons. The molecule has 0 saturated heterocycles. The molecule has 4 nitrogen and oxygen atoms in total. The smallest absolute Gasteiger partial charge is 0.256 e. The zero-order valence-electron chi connectivity index (χ0n) is 19.0. The van der Waals surface area contributed by atoms with E-state index in [2.05, 4.69) is 11.6 Å². The number of aromatic nitrogens is 1. The third kappa shape index (κ3) is 4.78. The van der Waals surface area contributed by atoms with Crippen LogP contribution in [-0.2, 0) is 19.6 Å². The van der Waals surface area contributed by atoms with Crippen molar-refractivity contribution in [1.82, 2.24) is 9.88 Å². The number of hydrogen-bond acceptors (Lipinski definition) is 3. The van der Waals surface area contributed by atoms with E-state index in [0.717, 1.165) is 33.5 Å². The lowest BCUT2D eigenvalue weighted by Gasteiger charge is -2.31. The fraction of sp³-hybridized carbons (Fsp3) is 0.259. The van der Waals surface area contributed by atoms with Gasteiger partial charge < -0.3 is 9.64 Å². The summed E-state index contributed by atoms with van der Waals surface area (Å²) in [4.78, 5) is 20.0. The van der Waals surface area contributed by atoms with Crippen LogP contribution in [0.2, 0.25) is 10.0 Å². The molecule has 6 heteroatoms. The second kappa shape index (κ2) is 9.58. The van der Waals surface area contributed by atoms with E-state index >= 15 is 0 Å². The first-order chi connectivity index (χ1) is 15.8. The molecule has 0 atom stereocenters. The number of aryl methyl sites for hydroxylation is 2. The number of carbonyl (C=O) groups is 1. The van der Waals surface area contributed by atoms with E-state index in [0.29, 0.717) is 53.2 Å². The topological polar surface area (TPSA) is 42.4 Å². The van der Waals surface area contributed by atoms with Crippen LogP contribution in [0.3, 0.4) is 0 Å². The van der Waals surface area contributed by atoms with Crippen molar-refractivity contribution < 1.29 is 9.53 Å². The first-order valence-electron chi connectivity index (χ1n) is 10.9. The van der Waals surface area contributed by atoms with E-state index in [4.69, 9.17) is 27.9 Å². The SMILES string of the molecule is C=C(C)c1cc(Cl)c2c(c1Cl)C(=O)N(Cc1c(C)cc(C)nc1OCc1ccccc1)CC2. The number of ether oxygens (including phenoxy) is 1. The molecule has 1 aromatic heterocycles. The normalized spacial score (nSPS) is 13.1. The average molecular weight is 481 g/mol. The van der Waals surface area contributed by atoms with Gasteiger partial charge in [0.25, 0.3) is 5.91 Å². The molecule has 4 rings (SSSR count). The van der Waals surface area contributed by atoms with Crippen LogP contribution in [0, 0.1) is 13.8 Å². The Hall–Kier alpha value is -2.82. The number of fused-ring (bicyclic) bond motifs is 1. The van der Waals surface area contributed by atoms with E-state index in [1.165, 1.54) is 0 Å². The van der Waals surface area contributed by atoms with Gasteiger partial charge >= 0.3 is 0 Å². The molecule has 0 fully saturated rings. The average Bonchev–Trinajstić information content (AvgIpc) is 2.78. The number of carbonyl (C=O) groups excluding carboxylic acids is 1. The minimum Gasteiger partial charge on any atom is -0.473 e. The van der Waals surface area contributed by atoms with Gasteiger partial charge in [0.05, 0.1) is 17.1 Å². The molecule has 0 aliphatic carbocycles. The molecule has 0 saturated carbocycles. The number of rotatable bonds is 6. The first kappa shape index (κ1) is 23.3. The molecule has 170 valence electrons. The van der Waals surface area contributed by atoms with E-state index < -0.39 is 0 Å². The lowest BCUT2D eigenvalue weighted by atomic mass is 9.94. The highest BCUT2D eigenvalue weighted by Crippen LogP contribution is 2.38. The molecule has 0 N–H and O–H groups in total. The lowest BCUT2D eigenvalue weighted by Crippen LogP contribution is -2.38. The monoisotopic (exact) mass is 480 g/mol. The standard InChI is InChI=1S/C27H26Cl2N2O2/c1-16(2)21-13-23(28)20-10-11-31(27(32)24(20)25(21)29)14-22-17(3)12-18(4)30-26(22)33-15-19-8-6-5-7-9-19/h5-9,12-13H,1,10-11,14-15H2,2-4H3. The quantitative estimate of drug-likeness (QED) is 0.388. The zero-order chi connectivity index (χ0) is 23.7. The molecule has 2 heterocycles. The first-order valence-corrected chi connectivity index (χ1v) is 11.6. The predicted molar refractivity (Wildman–Crippen MR) is 134 cm³/mol. The Morgan fingerprint density at radius 1 is 1.18 bits per heavy atom. The van der Waals surface area contributed by atoms with E-state index in [9.17, 15) is 4.79 Å². The second-order valence-electron chi connectivity index (χ2n) is 8.47. The third-order valence-corrected chi connectivity index (χ3v) is 6.64. The molecule has 1 aliphatic heterocycles. The van der Waals surface area contributed by atoms with Gasteiger partial charge in [-0.3, -0.25) is 4.79 Å². The van der Waals surface area contributed by atoms with Crippen LogP contribution in [0.15, 0.2) is 49.0 Å². The van der Waals surface area contributed by atoms with Crippen molar-refractivity contribution in [2.75, 3.05) is 6.54 Å². The number of halogens is 2. The Kier molecular flexibility index (Phi) is 6.78. The predicted octanol–water partition coefficient (Wildman–Crippen LogP) is 6.82. The number of nitrogens with zero attached hydrogens (tertiary/aromatic N) is 2. The van der Waals surface area contributed by atoms with Crippen molar-refractivity contribution in [3.8, 4) is 5.88 Å². The van der Waals surface area contributed by atoms with Gasteiger partial charge in [0.1, 0.15) is 6.61 Å². The van der Waals surface area contributed by atoms with Gasteiger partial charge in [-0.2, -0.15) is 0 Å². The lowest BCUT2D eigenvalue weighted by molar-refractivity contribution is 0.0725. The Morgan fingerprint density at radius 2 is 1.91 bits per heavy atom.